The Labute approximate surface area is 199 Å². The number of pyridine rings is 2. The Kier molecular flexibility index (Phi) is 5.87. The molecule has 7 heteroatoms. The number of fused-ring (bicyclic) bond motifs is 1. The van der Waals surface area contributed by atoms with Crippen molar-refractivity contribution in [3.8, 4) is 5.69 Å². The van der Waals surface area contributed by atoms with E-state index in [4.69, 9.17) is 0 Å². The number of likely N-dealkylation sites (N-methyl/N-ethyl adjacent to an activating group) is 1. The molecule has 7 nitrogen and oxygen atoms in total. The Bertz CT molecular complexity index is 1350. The molecule has 4 heterocycles. The quantitative estimate of drug-likeness (QED) is 0.499. The molecule has 4 aromatic rings. The topological polar surface area (TPSA) is 75.9 Å². The number of aryl methyl sites for hydroxylation is 2. The summed E-state index contributed by atoms with van der Waals surface area (Å²) in [6, 6.07) is 14.6. The number of nitrogens with one attached hydrogen (secondary N) is 1. The van der Waals surface area contributed by atoms with Crippen LogP contribution in [0.4, 0.5) is 0 Å². The van der Waals surface area contributed by atoms with E-state index in [1.165, 1.54) is 11.1 Å². The molecule has 1 aliphatic rings. The molecule has 0 saturated carbocycles. The number of likely N-dealkylation sites (tertiary alicyclic amines) is 1. The van der Waals surface area contributed by atoms with Crippen LogP contribution in [0.25, 0.3) is 16.6 Å². The largest absolute Gasteiger partial charge is 0.351 e. The Balaban J connectivity index is 1.34. The first-order valence-electron chi connectivity index (χ1n) is 11.7. The minimum atomic E-state index is -0.00488. The third-order valence-electron chi connectivity index (χ3n) is 7.03. The van der Waals surface area contributed by atoms with Crippen molar-refractivity contribution in [2.75, 3.05) is 13.6 Å². The molecular formula is C27H30N6O. The highest BCUT2D eigenvalue weighted by molar-refractivity contribution is 5.83. The molecule has 174 valence electrons. The molecule has 1 amide bonds. The Morgan fingerprint density at radius 2 is 1.94 bits per heavy atom. The van der Waals surface area contributed by atoms with E-state index in [-0.39, 0.29) is 30.3 Å². The average Bonchev–Trinajstić information content (AvgIpc) is 3.35. The van der Waals surface area contributed by atoms with Crippen molar-refractivity contribution in [3.05, 3.63) is 83.6 Å². The third-order valence-corrected chi connectivity index (χ3v) is 7.03. The first kappa shape index (κ1) is 22.2. The predicted molar refractivity (Wildman–Crippen MR) is 133 cm³/mol. The lowest BCUT2D eigenvalue weighted by Gasteiger charge is -2.25. The van der Waals surface area contributed by atoms with Crippen LogP contribution in [-0.4, -0.2) is 56.2 Å². The molecule has 0 bridgehead atoms. The number of carbonyl (C=O) groups is 1. The molecular weight excluding hydrogens is 424 g/mol. The van der Waals surface area contributed by atoms with Crippen LogP contribution in [0.5, 0.6) is 0 Å². The van der Waals surface area contributed by atoms with E-state index in [1.807, 2.05) is 36.0 Å². The van der Waals surface area contributed by atoms with Crippen LogP contribution in [-0.2, 0) is 11.2 Å². The summed E-state index contributed by atoms with van der Waals surface area (Å²) in [5.41, 5.74) is 6.09. The summed E-state index contributed by atoms with van der Waals surface area (Å²) >= 11 is 0. The van der Waals surface area contributed by atoms with Crippen molar-refractivity contribution in [1.29, 1.82) is 0 Å². The van der Waals surface area contributed by atoms with Gasteiger partial charge in [0.1, 0.15) is 0 Å². The minimum absolute atomic E-state index is 0.00488. The van der Waals surface area contributed by atoms with Crippen molar-refractivity contribution >= 4 is 16.8 Å². The van der Waals surface area contributed by atoms with Crippen LogP contribution in [0.2, 0.25) is 0 Å². The van der Waals surface area contributed by atoms with Crippen LogP contribution in [0.1, 0.15) is 35.4 Å². The summed E-state index contributed by atoms with van der Waals surface area (Å²) in [5, 5.41) is 8.80. The van der Waals surface area contributed by atoms with Crippen molar-refractivity contribution in [1.82, 2.24) is 30.0 Å². The molecule has 1 saturated heterocycles. The third kappa shape index (κ3) is 4.19. The number of hydrogen-bond donors (Lipinski definition) is 1. The summed E-state index contributed by atoms with van der Waals surface area (Å²) < 4.78 is 1.85. The molecule has 0 spiro atoms. The summed E-state index contributed by atoms with van der Waals surface area (Å²) in [6.45, 7) is 7.21. The van der Waals surface area contributed by atoms with Crippen LogP contribution in [0.15, 0.2) is 61.1 Å². The molecule has 34 heavy (non-hydrogen) atoms. The molecule has 1 N–H and O–H groups in total. The molecule has 0 aliphatic carbocycles. The van der Waals surface area contributed by atoms with E-state index in [1.54, 1.807) is 12.4 Å². The lowest BCUT2D eigenvalue weighted by Crippen LogP contribution is -2.45. The van der Waals surface area contributed by atoms with Crippen molar-refractivity contribution in [2.24, 2.45) is 0 Å². The Hall–Kier alpha value is -3.58. The van der Waals surface area contributed by atoms with Crippen molar-refractivity contribution < 1.29 is 4.79 Å². The normalized spacial score (nSPS) is 20.6. The van der Waals surface area contributed by atoms with Gasteiger partial charge in [-0.2, -0.15) is 5.10 Å². The first-order chi connectivity index (χ1) is 16.4. The predicted octanol–water partition coefficient (Wildman–Crippen LogP) is 3.58. The van der Waals surface area contributed by atoms with E-state index in [2.05, 4.69) is 70.4 Å². The van der Waals surface area contributed by atoms with Crippen LogP contribution in [0.3, 0.4) is 0 Å². The van der Waals surface area contributed by atoms with Crippen molar-refractivity contribution in [2.45, 2.75) is 45.2 Å². The number of hydrogen-bond acceptors (Lipinski definition) is 5. The molecule has 0 radical (unpaired) electrons. The molecule has 1 aromatic carbocycles. The van der Waals surface area contributed by atoms with Crippen LogP contribution < -0.4 is 5.32 Å². The SMILES string of the molecule is Cc1cc(-n2ncc3cc(CC(=O)N[C@@H]4[C@@H](C)N(C)C[C@H]4c4ccccc4C)ncc32)ccn1. The van der Waals surface area contributed by atoms with E-state index >= 15 is 0 Å². The Morgan fingerprint density at radius 3 is 2.74 bits per heavy atom. The Morgan fingerprint density at radius 1 is 1.12 bits per heavy atom. The summed E-state index contributed by atoms with van der Waals surface area (Å²) in [7, 11) is 2.12. The minimum Gasteiger partial charge on any atom is -0.351 e. The van der Waals surface area contributed by atoms with Gasteiger partial charge in [0.05, 0.1) is 41.8 Å². The van der Waals surface area contributed by atoms with Gasteiger partial charge in [-0.05, 0) is 57.1 Å². The molecule has 0 unspecified atom stereocenters. The second-order valence-electron chi connectivity index (χ2n) is 9.36. The summed E-state index contributed by atoms with van der Waals surface area (Å²) in [4.78, 5) is 24.2. The summed E-state index contributed by atoms with van der Waals surface area (Å²) in [5.74, 6) is 0.261. The molecule has 3 atom stereocenters. The number of benzene rings is 1. The lowest BCUT2D eigenvalue weighted by molar-refractivity contribution is -0.121. The smallest absolute Gasteiger partial charge is 0.226 e. The van der Waals surface area contributed by atoms with E-state index in [9.17, 15) is 4.79 Å². The van der Waals surface area contributed by atoms with Gasteiger partial charge in [-0.15, -0.1) is 0 Å². The highest BCUT2D eigenvalue weighted by Crippen LogP contribution is 2.33. The van der Waals surface area contributed by atoms with Gasteiger partial charge in [-0.25, -0.2) is 4.68 Å². The van der Waals surface area contributed by atoms with Gasteiger partial charge in [0.25, 0.3) is 0 Å². The first-order valence-corrected chi connectivity index (χ1v) is 11.7. The number of aromatic nitrogens is 4. The highest BCUT2D eigenvalue weighted by atomic mass is 16.1. The zero-order valence-corrected chi connectivity index (χ0v) is 20.1. The van der Waals surface area contributed by atoms with Gasteiger partial charge in [-0.3, -0.25) is 14.8 Å². The second kappa shape index (κ2) is 8.99. The molecule has 3 aromatic heterocycles. The molecule has 1 aliphatic heterocycles. The lowest BCUT2D eigenvalue weighted by atomic mass is 9.88. The fourth-order valence-corrected chi connectivity index (χ4v) is 5.05. The molecule has 1 fully saturated rings. The zero-order chi connectivity index (χ0) is 23.8. The fourth-order valence-electron chi connectivity index (χ4n) is 5.05. The van der Waals surface area contributed by atoms with E-state index in [0.29, 0.717) is 0 Å². The number of carbonyl (C=O) groups excluding carboxylic acids is 1. The maximum atomic E-state index is 13.1. The summed E-state index contributed by atoms with van der Waals surface area (Å²) in [6.07, 6.45) is 5.62. The van der Waals surface area contributed by atoms with Gasteiger partial charge >= 0.3 is 0 Å². The zero-order valence-electron chi connectivity index (χ0n) is 20.1. The van der Waals surface area contributed by atoms with Crippen LogP contribution in [0, 0.1) is 13.8 Å². The molecule has 5 rings (SSSR count). The second-order valence-corrected chi connectivity index (χ2v) is 9.36. The highest BCUT2D eigenvalue weighted by Gasteiger charge is 2.39. The van der Waals surface area contributed by atoms with Crippen molar-refractivity contribution in [3.63, 3.8) is 0 Å². The standard InChI is InChI=1S/C27H30N6O/c1-17-7-5-6-8-23(17)24-16-32(4)19(3)27(24)31-26(34)13-21-12-20-14-30-33(25(20)15-29-21)22-9-10-28-18(2)11-22/h5-12,14-15,19,24,27H,13,16H2,1-4H3,(H,31,34)/t19-,24+,27-/m1/s1. The maximum Gasteiger partial charge on any atom is 0.226 e. The maximum absolute atomic E-state index is 13.1. The number of rotatable bonds is 5. The fraction of sp³-hybridized carbons (Fsp3) is 0.333. The van der Waals surface area contributed by atoms with E-state index in [0.717, 1.165) is 34.5 Å². The van der Waals surface area contributed by atoms with Gasteiger partial charge < -0.3 is 10.2 Å². The monoisotopic (exact) mass is 454 g/mol. The van der Waals surface area contributed by atoms with Gasteiger partial charge in [0.2, 0.25) is 5.91 Å². The van der Waals surface area contributed by atoms with E-state index < -0.39 is 0 Å². The average molecular weight is 455 g/mol. The number of nitrogens with zero attached hydrogens (tertiary/aromatic N) is 5. The van der Waals surface area contributed by atoms with Gasteiger partial charge in [0, 0.05) is 35.8 Å². The van der Waals surface area contributed by atoms with Gasteiger partial charge in [-0.1, -0.05) is 24.3 Å². The van der Waals surface area contributed by atoms with Crippen LogP contribution >= 0.6 is 0 Å². The van der Waals surface area contributed by atoms with Gasteiger partial charge in [0.15, 0.2) is 0 Å². The number of amides is 1.